The number of halogens is 1. The smallest absolute Gasteiger partial charge is 0.218 e. The maximum atomic E-state index is 5.79. The largest absolute Gasteiger partial charge is 0.475 e. The van der Waals surface area contributed by atoms with E-state index in [0.717, 1.165) is 12.4 Å². The van der Waals surface area contributed by atoms with Gasteiger partial charge in [-0.1, -0.05) is 0 Å². The lowest BCUT2D eigenvalue weighted by molar-refractivity contribution is 0.205. The van der Waals surface area contributed by atoms with Crippen molar-refractivity contribution >= 4 is 17.4 Å². The van der Waals surface area contributed by atoms with Gasteiger partial charge in [-0.2, -0.15) is 0 Å². The molecule has 0 saturated heterocycles. The van der Waals surface area contributed by atoms with Crippen LogP contribution < -0.4 is 9.64 Å². The van der Waals surface area contributed by atoms with Crippen LogP contribution in [0.1, 0.15) is 13.8 Å². The number of methoxy groups -OCH3 is 1. The first-order chi connectivity index (χ1) is 8.67. The SMILES string of the molecule is COCCN(CCCl)c1cc(OC(C)C)ncn1. The van der Waals surface area contributed by atoms with Gasteiger partial charge in [0, 0.05) is 32.1 Å². The summed E-state index contributed by atoms with van der Waals surface area (Å²) in [5, 5.41) is 0. The number of alkyl halides is 1. The van der Waals surface area contributed by atoms with Crippen LogP contribution in [0.4, 0.5) is 5.82 Å². The van der Waals surface area contributed by atoms with Crippen molar-refractivity contribution in [3.05, 3.63) is 12.4 Å². The zero-order chi connectivity index (χ0) is 13.4. The highest BCUT2D eigenvalue weighted by Crippen LogP contribution is 2.16. The predicted molar refractivity (Wildman–Crippen MR) is 72.6 cm³/mol. The lowest BCUT2D eigenvalue weighted by Crippen LogP contribution is -2.30. The summed E-state index contributed by atoms with van der Waals surface area (Å²) >= 11 is 5.79. The lowest BCUT2D eigenvalue weighted by Gasteiger charge is -2.22. The van der Waals surface area contributed by atoms with Gasteiger partial charge in [0.15, 0.2) is 0 Å². The molecule has 18 heavy (non-hydrogen) atoms. The highest BCUT2D eigenvalue weighted by atomic mass is 35.5. The molecule has 0 fully saturated rings. The highest BCUT2D eigenvalue weighted by Gasteiger charge is 2.09. The summed E-state index contributed by atoms with van der Waals surface area (Å²) in [6, 6.07) is 1.82. The number of anilines is 1. The van der Waals surface area contributed by atoms with Gasteiger partial charge in [0.1, 0.15) is 12.1 Å². The molecule has 1 heterocycles. The topological polar surface area (TPSA) is 47.5 Å². The molecular weight excluding hydrogens is 254 g/mol. The molecule has 0 N–H and O–H groups in total. The van der Waals surface area contributed by atoms with Gasteiger partial charge >= 0.3 is 0 Å². The summed E-state index contributed by atoms with van der Waals surface area (Å²) in [6.07, 6.45) is 1.59. The molecule has 1 aromatic rings. The summed E-state index contributed by atoms with van der Waals surface area (Å²) in [4.78, 5) is 10.4. The molecule has 0 radical (unpaired) electrons. The quantitative estimate of drug-likeness (QED) is 0.678. The number of rotatable bonds is 8. The Kier molecular flexibility index (Phi) is 6.75. The minimum Gasteiger partial charge on any atom is -0.475 e. The first-order valence-corrected chi connectivity index (χ1v) is 6.49. The molecule has 0 aromatic carbocycles. The summed E-state index contributed by atoms with van der Waals surface area (Å²) in [5.41, 5.74) is 0. The fourth-order valence-electron chi connectivity index (χ4n) is 1.45. The van der Waals surface area contributed by atoms with Crippen molar-refractivity contribution in [2.75, 3.05) is 37.6 Å². The molecule has 6 heteroatoms. The van der Waals surface area contributed by atoms with Crippen LogP contribution in [0, 0.1) is 0 Å². The van der Waals surface area contributed by atoms with Crippen LogP contribution in [0.3, 0.4) is 0 Å². The highest BCUT2D eigenvalue weighted by molar-refractivity contribution is 6.18. The van der Waals surface area contributed by atoms with Crippen LogP contribution in [0.2, 0.25) is 0 Å². The van der Waals surface area contributed by atoms with Gasteiger partial charge in [-0.3, -0.25) is 0 Å². The van der Waals surface area contributed by atoms with Crippen LogP contribution >= 0.6 is 11.6 Å². The standard InChI is InChI=1S/C12H20ClN3O2/c1-10(2)18-12-8-11(14-9-15-12)16(5-4-13)6-7-17-3/h8-10H,4-7H2,1-3H3. The fraction of sp³-hybridized carbons (Fsp3) is 0.667. The van der Waals surface area contributed by atoms with E-state index >= 15 is 0 Å². The molecule has 102 valence electrons. The van der Waals surface area contributed by atoms with E-state index in [2.05, 4.69) is 9.97 Å². The minimum atomic E-state index is 0.0909. The van der Waals surface area contributed by atoms with Crippen molar-refractivity contribution < 1.29 is 9.47 Å². The van der Waals surface area contributed by atoms with Crippen molar-refractivity contribution in [1.29, 1.82) is 0 Å². The molecule has 0 aliphatic rings. The fourth-order valence-corrected chi connectivity index (χ4v) is 1.66. The number of hydrogen-bond acceptors (Lipinski definition) is 5. The summed E-state index contributed by atoms with van der Waals surface area (Å²) in [5.74, 6) is 1.92. The molecule has 0 bridgehead atoms. The summed E-state index contributed by atoms with van der Waals surface area (Å²) in [7, 11) is 1.67. The van der Waals surface area contributed by atoms with Crippen LogP contribution in [0.15, 0.2) is 12.4 Å². The van der Waals surface area contributed by atoms with Crippen molar-refractivity contribution in [3.8, 4) is 5.88 Å². The Morgan fingerprint density at radius 1 is 1.33 bits per heavy atom. The van der Waals surface area contributed by atoms with Crippen LogP contribution in [0.25, 0.3) is 0 Å². The molecule has 0 atom stereocenters. The van der Waals surface area contributed by atoms with E-state index in [0.29, 0.717) is 24.9 Å². The molecule has 0 unspecified atom stereocenters. The number of aromatic nitrogens is 2. The molecule has 1 aromatic heterocycles. The molecule has 5 nitrogen and oxygen atoms in total. The number of hydrogen-bond donors (Lipinski definition) is 0. The van der Waals surface area contributed by atoms with Crippen molar-refractivity contribution in [1.82, 2.24) is 9.97 Å². The summed E-state index contributed by atoms with van der Waals surface area (Å²) in [6.45, 7) is 6.00. The first-order valence-electron chi connectivity index (χ1n) is 5.96. The predicted octanol–water partition coefficient (Wildman–Crippen LogP) is 1.96. The minimum absolute atomic E-state index is 0.0909. The second-order valence-corrected chi connectivity index (χ2v) is 4.43. The van der Waals surface area contributed by atoms with E-state index < -0.39 is 0 Å². The van der Waals surface area contributed by atoms with Gasteiger partial charge in [-0.15, -0.1) is 11.6 Å². The molecule has 0 amide bonds. The van der Waals surface area contributed by atoms with Crippen molar-refractivity contribution in [3.63, 3.8) is 0 Å². The third-order valence-electron chi connectivity index (χ3n) is 2.23. The van der Waals surface area contributed by atoms with E-state index in [4.69, 9.17) is 21.1 Å². The van der Waals surface area contributed by atoms with E-state index in [1.54, 1.807) is 7.11 Å². The van der Waals surface area contributed by atoms with Gasteiger partial charge in [-0.05, 0) is 13.8 Å². The Morgan fingerprint density at radius 3 is 2.72 bits per heavy atom. The van der Waals surface area contributed by atoms with E-state index in [9.17, 15) is 0 Å². The monoisotopic (exact) mass is 273 g/mol. The van der Waals surface area contributed by atoms with E-state index in [1.807, 2.05) is 24.8 Å². The van der Waals surface area contributed by atoms with Crippen LogP contribution in [-0.4, -0.2) is 48.8 Å². The second-order valence-electron chi connectivity index (χ2n) is 4.05. The molecule has 0 saturated carbocycles. The molecule has 0 aliphatic heterocycles. The zero-order valence-corrected chi connectivity index (χ0v) is 11.9. The average Bonchev–Trinajstić information content (AvgIpc) is 2.34. The van der Waals surface area contributed by atoms with E-state index in [1.165, 1.54) is 6.33 Å². The third kappa shape index (κ3) is 5.06. The Morgan fingerprint density at radius 2 is 2.11 bits per heavy atom. The Bertz CT molecular complexity index is 350. The van der Waals surface area contributed by atoms with Gasteiger partial charge in [-0.25, -0.2) is 9.97 Å². The molecular formula is C12H20ClN3O2. The lowest BCUT2D eigenvalue weighted by atomic mass is 10.4. The second kappa shape index (κ2) is 8.11. The van der Waals surface area contributed by atoms with Gasteiger partial charge in [0.2, 0.25) is 5.88 Å². The van der Waals surface area contributed by atoms with Gasteiger partial charge < -0.3 is 14.4 Å². The molecule has 0 aliphatic carbocycles. The van der Waals surface area contributed by atoms with Gasteiger partial charge in [0.05, 0.1) is 12.7 Å². The van der Waals surface area contributed by atoms with Crippen molar-refractivity contribution in [2.24, 2.45) is 0 Å². The molecule has 0 spiro atoms. The average molecular weight is 274 g/mol. The maximum Gasteiger partial charge on any atom is 0.218 e. The zero-order valence-electron chi connectivity index (χ0n) is 11.1. The Hall–Kier alpha value is -1.07. The maximum absolute atomic E-state index is 5.79. The summed E-state index contributed by atoms with van der Waals surface area (Å²) < 4.78 is 10.6. The third-order valence-corrected chi connectivity index (χ3v) is 2.40. The number of ether oxygens (including phenoxy) is 2. The van der Waals surface area contributed by atoms with Gasteiger partial charge in [0.25, 0.3) is 0 Å². The van der Waals surface area contributed by atoms with Crippen LogP contribution in [0.5, 0.6) is 5.88 Å². The Labute approximate surface area is 113 Å². The molecule has 1 rings (SSSR count). The number of nitrogens with zero attached hydrogens (tertiary/aromatic N) is 3. The first kappa shape index (κ1) is 15.0. The van der Waals surface area contributed by atoms with Crippen molar-refractivity contribution in [2.45, 2.75) is 20.0 Å². The normalized spacial score (nSPS) is 10.7. The van der Waals surface area contributed by atoms with Crippen LogP contribution in [-0.2, 0) is 4.74 Å². The Balaban J connectivity index is 2.76. The van der Waals surface area contributed by atoms with E-state index in [-0.39, 0.29) is 6.10 Å².